The van der Waals surface area contributed by atoms with Crippen molar-refractivity contribution in [3.63, 3.8) is 0 Å². The molecule has 0 radical (unpaired) electrons. The van der Waals surface area contributed by atoms with Crippen LogP contribution >= 0.6 is 0 Å². The lowest BCUT2D eigenvalue weighted by atomic mass is 10.1. The van der Waals surface area contributed by atoms with Crippen molar-refractivity contribution in [2.75, 3.05) is 64.1 Å². The first-order valence-electron chi connectivity index (χ1n) is 12.6. The summed E-state index contributed by atoms with van der Waals surface area (Å²) in [6.07, 6.45) is 7.49. The highest BCUT2D eigenvalue weighted by Gasteiger charge is 2.16. The van der Waals surface area contributed by atoms with E-state index in [1.807, 2.05) is 18.2 Å². The molecule has 8 nitrogen and oxygen atoms in total. The Hall–Kier alpha value is -3.99. The Balaban J connectivity index is 1.28. The summed E-state index contributed by atoms with van der Waals surface area (Å²) in [5, 5.41) is 10.7. The molecule has 6 rings (SSSR count). The minimum Gasteiger partial charge on any atom is -0.379 e. The van der Waals surface area contributed by atoms with E-state index in [-0.39, 0.29) is 0 Å². The van der Waals surface area contributed by atoms with Crippen LogP contribution in [-0.4, -0.2) is 79.0 Å². The van der Waals surface area contributed by atoms with E-state index in [1.54, 1.807) is 6.33 Å². The third-order valence-corrected chi connectivity index (χ3v) is 6.93. The van der Waals surface area contributed by atoms with Crippen LogP contribution in [0.5, 0.6) is 0 Å². The van der Waals surface area contributed by atoms with E-state index in [0.717, 1.165) is 98.3 Å². The van der Waals surface area contributed by atoms with Crippen molar-refractivity contribution in [1.82, 2.24) is 19.9 Å². The predicted octanol–water partition coefficient (Wildman–Crippen LogP) is 3.72. The molecule has 0 amide bonds. The fourth-order valence-corrected chi connectivity index (χ4v) is 4.94. The molecule has 4 heterocycles. The number of nitriles is 1. The van der Waals surface area contributed by atoms with E-state index in [1.165, 1.54) is 5.69 Å². The van der Waals surface area contributed by atoms with Gasteiger partial charge in [-0.05, 0) is 35.9 Å². The van der Waals surface area contributed by atoms with Crippen molar-refractivity contribution in [2.24, 2.45) is 0 Å². The van der Waals surface area contributed by atoms with Crippen molar-refractivity contribution < 1.29 is 9.47 Å². The standard InChI is InChI=1S/C29H28N6O2/c30-18-22-15-21(19-34-7-11-36-12-8-34)1-2-24(16-22)28-26-17-27(33-29(26)32-20-31-28)23-3-5-25(6-4-23)35-9-13-37-14-10-35/h1-6,16-17,20H,7-14,19H2,(H,31,32,33). The number of hydrogen-bond donors (Lipinski definition) is 1. The number of aromatic nitrogens is 3. The van der Waals surface area contributed by atoms with Crippen molar-refractivity contribution >= 4 is 22.3 Å². The van der Waals surface area contributed by atoms with Crippen LogP contribution in [0.15, 0.2) is 71.8 Å². The second-order valence-electron chi connectivity index (χ2n) is 9.31. The largest absolute Gasteiger partial charge is 0.379 e. The normalized spacial score (nSPS) is 18.7. The minimum atomic E-state index is 0.490. The van der Waals surface area contributed by atoms with Crippen LogP contribution in [0.2, 0.25) is 0 Å². The third-order valence-electron chi connectivity index (χ3n) is 6.93. The lowest BCUT2D eigenvalue weighted by Gasteiger charge is -2.28. The molecule has 3 aromatic rings. The third kappa shape index (κ3) is 5.12. The summed E-state index contributed by atoms with van der Waals surface area (Å²) in [4.78, 5) is 17.2. The highest BCUT2D eigenvalue weighted by Crippen LogP contribution is 2.30. The zero-order valence-corrected chi connectivity index (χ0v) is 20.6. The van der Waals surface area contributed by atoms with Crippen LogP contribution in [0.3, 0.4) is 0 Å². The van der Waals surface area contributed by atoms with Crippen LogP contribution in [0, 0.1) is 11.3 Å². The Morgan fingerprint density at radius 3 is 2.49 bits per heavy atom. The molecule has 2 fully saturated rings. The van der Waals surface area contributed by atoms with Gasteiger partial charge in [0, 0.05) is 60.6 Å². The van der Waals surface area contributed by atoms with Gasteiger partial charge < -0.3 is 19.4 Å². The number of allylic oxidation sites excluding steroid dienone is 3. The van der Waals surface area contributed by atoms with Crippen molar-refractivity contribution in [2.45, 2.75) is 0 Å². The van der Waals surface area contributed by atoms with Crippen LogP contribution < -0.4 is 4.90 Å². The molecule has 8 heteroatoms. The molecule has 186 valence electrons. The Labute approximate surface area is 215 Å². The van der Waals surface area contributed by atoms with Gasteiger partial charge in [-0.15, -0.1) is 0 Å². The molecule has 0 bridgehead atoms. The molecule has 3 aliphatic rings. The zero-order chi connectivity index (χ0) is 25.0. The van der Waals surface area contributed by atoms with E-state index in [0.29, 0.717) is 5.57 Å². The number of fused-ring (bicyclic) bond motifs is 1. The van der Waals surface area contributed by atoms with Crippen LogP contribution in [-0.2, 0) is 9.47 Å². The molecule has 2 saturated heterocycles. The summed E-state index contributed by atoms with van der Waals surface area (Å²) >= 11 is 0. The maximum Gasteiger partial charge on any atom is 0.141 e. The van der Waals surface area contributed by atoms with E-state index < -0.39 is 0 Å². The SMILES string of the molecule is N#CC1=C=C(CN2CCOCC2)C=CC(c2ncnc3[nH]c(-c4ccc(N5CCOCC5)cc4)cc23)=C1. The van der Waals surface area contributed by atoms with Gasteiger partial charge in [0.2, 0.25) is 0 Å². The molecular weight excluding hydrogens is 464 g/mol. The molecular formula is C29H28N6O2. The number of ether oxygens (including phenoxy) is 2. The lowest BCUT2D eigenvalue weighted by molar-refractivity contribution is 0.0426. The number of nitrogens with zero attached hydrogens (tertiary/aromatic N) is 5. The molecule has 0 atom stereocenters. The number of H-pyrrole nitrogens is 1. The average molecular weight is 493 g/mol. The van der Waals surface area contributed by atoms with Crippen LogP contribution in [0.25, 0.3) is 27.9 Å². The van der Waals surface area contributed by atoms with Crippen molar-refractivity contribution in [1.29, 1.82) is 5.26 Å². The molecule has 2 aliphatic heterocycles. The van der Waals surface area contributed by atoms with Gasteiger partial charge >= 0.3 is 0 Å². The van der Waals surface area contributed by atoms with Gasteiger partial charge in [0.05, 0.1) is 37.7 Å². The fourth-order valence-electron chi connectivity index (χ4n) is 4.94. The topological polar surface area (TPSA) is 90.3 Å². The van der Waals surface area contributed by atoms with E-state index in [2.05, 4.69) is 66.9 Å². The predicted molar refractivity (Wildman–Crippen MR) is 143 cm³/mol. The highest BCUT2D eigenvalue weighted by molar-refractivity contribution is 5.95. The van der Waals surface area contributed by atoms with E-state index in [9.17, 15) is 5.26 Å². The Bertz CT molecular complexity index is 1460. The quantitative estimate of drug-likeness (QED) is 0.543. The van der Waals surface area contributed by atoms with Crippen molar-refractivity contribution in [3.05, 3.63) is 77.5 Å². The van der Waals surface area contributed by atoms with Gasteiger partial charge in [-0.1, -0.05) is 23.9 Å². The number of aromatic amines is 1. The summed E-state index contributed by atoms with van der Waals surface area (Å²) in [5.74, 6) is 0. The number of hydrogen-bond acceptors (Lipinski definition) is 7. The number of rotatable bonds is 5. The Kier molecular flexibility index (Phi) is 6.68. The lowest BCUT2D eigenvalue weighted by Crippen LogP contribution is -2.37. The van der Waals surface area contributed by atoms with Gasteiger partial charge in [-0.2, -0.15) is 5.26 Å². The maximum atomic E-state index is 9.77. The van der Waals surface area contributed by atoms with Crippen LogP contribution in [0.1, 0.15) is 5.69 Å². The van der Waals surface area contributed by atoms with Gasteiger partial charge in [-0.3, -0.25) is 4.90 Å². The van der Waals surface area contributed by atoms with Crippen LogP contribution in [0.4, 0.5) is 5.69 Å². The first kappa shape index (κ1) is 23.4. The maximum absolute atomic E-state index is 9.77. The first-order chi connectivity index (χ1) is 18.3. The van der Waals surface area contributed by atoms with E-state index in [4.69, 9.17) is 9.47 Å². The average Bonchev–Trinajstić information content (AvgIpc) is 3.30. The summed E-state index contributed by atoms with van der Waals surface area (Å²) < 4.78 is 10.9. The van der Waals surface area contributed by atoms with Gasteiger partial charge in [-0.25, -0.2) is 9.97 Å². The molecule has 0 unspecified atom stereocenters. The Morgan fingerprint density at radius 1 is 0.973 bits per heavy atom. The smallest absolute Gasteiger partial charge is 0.141 e. The van der Waals surface area contributed by atoms with Gasteiger partial charge in [0.25, 0.3) is 0 Å². The zero-order valence-electron chi connectivity index (χ0n) is 20.6. The highest BCUT2D eigenvalue weighted by atomic mass is 16.5. The molecule has 2 aromatic heterocycles. The van der Waals surface area contributed by atoms with Crippen molar-refractivity contribution in [3.8, 4) is 17.3 Å². The van der Waals surface area contributed by atoms with Gasteiger partial charge in [0.15, 0.2) is 0 Å². The number of morpholine rings is 2. The Morgan fingerprint density at radius 2 is 1.73 bits per heavy atom. The molecule has 1 N–H and O–H groups in total. The first-order valence-corrected chi connectivity index (χ1v) is 12.6. The molecule has 1 aromatic carbocycles. The molecule has 0 saturated carbocycles. The van der Waals surface area contributed by atoms with Gasteiger partial charge in [0.1, 0.15) is 18.0 Å². The number of nitrogens with one attached hydrogen (secondary N) is 1. The molecule has 37 heavy (non-hydrogen) atoms. The molecule has 1 aliphatic carbocycles. The second kappa shape index (κ2) is 10.6. The number of anilines is 1. The second-order valence-corrected chi connectivity index (χ2v) is 9.31. The summed E-state index contributed by atoms with van der Waals surface area (Å²) in [7, 11) is 0. The molecule has 0 spiro atoms. The summed E-state index contributed by atoms with van der Waals surface area (Å²) in [6, 6.07) is 12.9. The number of benzene rings is 1. The van der Waals surface area contributed by atoms with E-state index >= 15 is 0 Å². The monoisotopic (exact) mass is 492 g/mol. The fraction of sp³-hybridized carbons (Fsp3) is 0.310. The summed E-state index contributed by atoms with van der Waals surface area (Å²) in [5.41, 5.74) is 10.4. The minimum absolute atomic E-state index is 0.490. The summed E-state index contributed by atoms with van der Waals surface area (Å²) in [6.45, 7) is 7.33.